The summed E-state index contributed by atoms with van der Waals surface area (Å²) in [6.07, 6.45) is 2.70. The highest BCUT2D eigenvalue weighted by Gasteiger charge is 2.30. The van der Waals surface area contributed by atoms with Gasteiger partial charge < -0.3 is 9.84 Å². The molecule has 0 aliphatic carbocycles. The van der Waals surface area contributed by atoms with Crippen LogP contribution < -0.4 is 0 Å². The Hall–Kier alpha value is -0.120. The lowest BCUT2D eigenvalue weighted by molar-refractivity contribution is -0.0502. The topological polar surface area (TPSA) is 32.7 Å². The fourth-order valence-electron chi connectivity index (χ4n) is 2.16. The summed E-state index contributed by atoms with van der Waals surface area (Å²) >= 11 is 0. The molecule has 0 saturated carbocycles. The van der Waals surface area contributed by atoms with E-state index in [9.17, 15) is 5.11 Å². The first kappa shape index (κ1) is 13.9. The second-order valence-corrected chi connectivity index (χ2v) is 5.47. The number of aliphatic hydroxyl groups is 1. The van der Waals surface area contributed by atoms with Crippen molar-refractivity contribution in [2.75, 3.05) is 26.2 Å². The molecule has 1 N–H and O–H groups in total. The zero-order valence-electron chi connectivity index (χ0n) is 11.2. The lowest BCUT2D eigenvalue weighted by Gasteiger charge is -2.38. The Labute approximate surface area is 99.8 Å². The lowest BCUT2D eigenvalue weighted by Crippen LogP contribution is -2.49. The summed E-state index contributed by atoms with van der Waals surface area (Å²) in [5.74, 6) is 0.292. The van der Waals surface area contributed by atoms with Crippen molar-refractivity contribution in [3.8, 4) is 0 Å². The molecule has 0 aromatic rings. The fourth-order valence-corrected chi connectivity index (χ4v) is 2.16. The Morgan fingerprint density at radius 2 is 2.19 bits per heavy atom. The molecule has 2 atom stereocenters. The van der Waals surface area contributed by atoms with Gasteiger partial charge in [-0.25, -0.2) is 0 Å². The van der Waals surface area contributed by atoms with E-state index >= 15 is 0 Å². The summed E-state index contributed by atoms with van der Waals surface area (Å²) in [5, 5.41) is 10.3. The maximum absolute atomic E-state index is 10.3. The Morgan fingerprint density at radius 1 is 1.50 bits per heavy atom. The summed E-state index contributed by atoms with van der Waals surface area (Å²) < 4.78 is 5.66. The van der Waals surface area contributed by atoms with Gasteiger partial charge in [0.1, 0.15) is 0 Å². The first-order chi connectivity index (χ1) is 7.45. The van der Waals surface area contributed by atoms with E-state index in [4.69, 9.17) is 4.74 Å². The van der Waals surface area contributed by atoms with Crippen LogP contribution in [0.2, 0.25) is 0 Å². The van der Waals surface area contributed by atoms with Gasteiger partial charge in [-0.3, -0.25) is 4.90 Å². The van der Waals surface area contributed by atoms with Crippen LogP contribution >= 0.6 is 0 Å². The quantitative estimate of drug-likeness (QED) is 0.781. The van der Waals surface area contributed by atoms with Crippen molar-refractivity contribution in [2.24, 2.45) is 5.92 Å². The normalized spacial score (nSPS) is 27.0. The predicted molar refractivity (Wildman–Crippen MR) is 66.5 cm³/mol. The van der Waals surface area contributed by atoms with Gasteiger partial charge in [0, 0.05) is 19.7 Å². The monoisotopic (exact) mass is 229 g/mol. The minimum Gasteiger partial charge on any atom is -0.389 e. The van der Waals surface area contributed by atoms with E-state index in [1.807, 2.05) is 13.8 Å². The zero-order valence-corrected chi connectivity index (χ0v) is 11.2. The molecule has 2 unspecified atom stereocenters. The summed E-state index contributed by atoms with van der Waals surface area (Å²) in [6, 6.07) is 0. The van der Waals surface area contributed by atoms with Gasteiger partial charge in [0.15, 0.2) is 0 Å². The number of β-amino-alcohol motifs (C(OH)–C–C–N with tert-alkyl or cyclic N) is 1. The summed E-state index contributed by atoms with van der Waals surface area (Å²) in [6.45, 7) is 11.7. The maximum atomic E-state index is 10.3. The van der Waals surface area contributed by atoms with Crippen LogP contribution in [0.3, 0.4) is 0 Å². The van der Waals surface area contributed by atoms with Crippen molar-refractivity contribution in [2.45, 2.75) is 52.2 Å². The molecule has 0 amide bonds. The second-order valence-electron chi connectivity index (χ2n) is 5.47. The van der Waals surface area contributed by atoms with E-state index in [0.717, 1.165) is 32.7 Å². The molecule has 1 fully saturated rings. The largest absolute Gasteiger partial charge is 0.389 e. The molecule has 1 aliphatic heterocycles. The van der Waals surface area contributed by atoms with Crippen LogP contribution in [-0.2, 0) is 4.74 Å². The van der Waals surface area contributed by atoms with Crippen LogP contribution in [0.15, 0.2) is 0 Å². The van der Waals surface area contributed by atoms with E-state index in [0.29, 0.717) is 12.0 Å². The zero-order chi connectivity index (χ0) is 12.2. The van der Waals surface area contributed by atoms with Gasteiger partial charge in [0.2, 0.25) is 0 Å². The highest BCUT2D eigenvalue weighted by Crippen LogP contribution is 2.21. The van der Waals surface area contributed by atoms with E-state index in [-0.39, 0.29) is 0 Å². The standard InChI is InChI=1S/C13H27NO2/c1-5-16-12-7-6-8-14(9-12)10-13(4,15)11(2)3/h11-12,15H,5-10H2,1-4H3. The minimum atomic E-state index is -0.589. The van der Waals surface area contributed by atoms with E-state index in [2.05, 4.69) is 18.7 Å². The van der Waals surface area contributed by atoms with Gasteiger partial charge in [0.05, 0.1) is 11.7 Å². The third-order valence-electron chi connectivity index (χ3n) is 3.65. The summed E-state index contributed by atoms with van der Waals surface area (Å²) in [7, 11) is 0. The number of piperidine rings is 1. The van der Waals surface area contributed by atoms with Crippen molar-refractivity contribution >= 4 is 0 Å². The molecule has 3 nitrogen and oxygen atoms in total. The number of ether oxygens (including phenoxy) is 1. The van der Waals surface area contributed by atoms with Crippen LogP contribution in [0.5, 0.6) is 0 Å². The van der Waals surface area contributed by atoms with Crippen molar-refractivity contribution in [1.82, 2.24) is 4.90 Å². The van der Waals surface area contributed by atoms with Crippen LogP contribution in [0, 0.1) is 5.92 Å². The Morgan fingerprint density at radius 3 is 2.75 bits per heavy atom. The van der Waals surface area contributed by atoms with Gasteiger partial charge in [-0.15, -0.1) is 0 Å². The molecule has 0 aromatic heterocycles. The number of rotatable bonds is 5. The van der Waals surface area contributed by atoms with Crippen molar-refractivity contribution in [3.63, 3.8) is 0 Å². The molecule has 3 heteroatoms. The van der Waals surface area contributed by atoms with Gasteiger partial charge in [-0.05, 0) is 39.2 Å². The third kappa shape index (κ3) is 4.04. The number of likely N-dealkylation sites (tertiary alicyclic amines) is 1. The van der Waals surface area contributed by atoms with Gasteiger partial charge >= 0.3 is 0 Å². The summed E-state index contributed by atoms with van der Waals surface area (Å²) in [5.41, 5.74) is -0.589. The molecule has 0 aromatic carbocycles. The molecule has 1 aliphatic rings. The van der Waals surface area contributed by atoms with Gasteiger partial charge in [0.25, 0.3) is 0 Å². The molecule has 16 heavy (non-hydrogen) atoms. The molecule has 1 saturated heterocycles. The van der Waals surface area contributed by atoms with Gasteiger partial charge in [-0.1, -0.05) is 13.8 Å². The van der Waals surface area contributed by atoms with Crippen molar-refractivity contribution in [3.05, 3.63) is 0 Å². The van der Waals surface area contributed by atoms with Crippen LogP contribution in [-0.4, -0.2) is 48.0 Å². The van der Waals surface area contributed by atoms with E-state index in [1.54, 1.807) is 0 Å². The molecule has 1 rings (SSSR count). The maximum Gasteiger partial charge on any atom is 0.0768 e. The SMILES string of the molecule is CCOC1CCCN(CC(C)(O)C(C)C)C1. The molecule has 0 bridgehead atoms. The Kier molecular flexibility index (Phi) is 5.22. The number of nitrogens with zero attached hydrogens (tertiary/aromatic N) is 1. The molecule has 0 spiro atoms. The smallest absolute Gasteiger partial charge is 0.0768 e. The van der Waals surface area contributed by atoms with Crippen LogP contribution in [0.4, 0.5) is 0 Å². The first-order valence-corrected chi connectivity index (χ1v) is 6.52. The molecule has 96 valence electrons. The van der Waals surface area contributed by atoms with Crippen molar-refractivity contribution < 1.29 is 9.84 Å². The molecular weight excluding hydrogens is 202 g/mol. The average molecular weight is 229 g/mol. The van der Waals surface area contributed by atoms with Gasteiger partial charge in [-0.2, -0.15) is 0 Å². The number of hydrogen-bond acceptors (Lipinski definition) is 3. The average Bonchev–Trinajstić information content (AvgIpc) is 2.17. The lowest BCUT2D eigenvalue weighted by atomic mass is 9.91. The molecule has 0 radical (unpaired) electrons. The number of hydrogen-bond donors (Lipinski definition) is 1. The fraction of sp³-hybridized carbons (Fsp3) is 1.00. The Bertz CT molecular complexity index is 202. The molecule has 1 heterocycles. The highest BCUT2D eigenvalue weighted by molar-refractivity contribution is 4.83. The highest BCUT2D eigenvalue weighted by atomic mass is 16.5. The second kappa shape index (κ2) is 5.99. The van der Waals surface area contributed by atoms with Crippen LogP contribution in [0.1, 0.15) is 40.5 Å². The molecular formula is C13H27NO2. The van der Waals surface area contributed by atoms with Crippen LogP contribution in [0.25, 0.3) is 0 Å². The van der Waals surface area contributed by atoms with E-state index in [1.165, 1.54) is 6.42 Å². The van der Waals surface area contributed by atoms with Crippen molar-refractivity contribution in [1.29, 1.82) is 0 Å². The van der Waals surface area contributed by atoms with E-state index < -0.39 is 5.60 Å². The summed E-state index contributed by atoms with van der Waals surface area (Å²) in [4.78, 5) is 2.34. The third-order valence-corrected chi connectivity index (χ3v) is 3.65. The minimum absolute atomic E-state index is 0.292. The Balaban J connectivity index is 2.42. The predicted octanol–water partition coefficient (Wildman–Crippen LogP) is 1.89. The first-order valence-electron chi connectivity index (χ1n) is 6.52.